The van der Waals surface area contributed by atoms with E-state index in [2.05, 4.69) is 0 Å². The highest BCUT2D eigenvalue weighted by molar-refractivity contribution is 6.32. The zero-order valence-corrected chi connectivity index (χ0v) is 15.8. The van der Waals surface area contributed by atoms with Gasteiger partial charge in [-0.25, -0.2) is 4.90 Å². The summed E-state index contributed by atoms with van der Waals surface area (Å²) < 4.78 is 5.08. The maximum atomic E-state index is 12.9. The van der Waals surface area contributed by atoms with Crippen LogP contribution in [0.3, 0.4) is 0 Å². The molecular formula is C19H23ClN2O4. The van der Waals surface area contributed by atoms with Crippen LogP contribution in [0.5, 0.6) is 0 Å². The number of piperidine rings is 1. The molecule has 1 aromatic carbocycles. The van der Waals surface area contributed by atoms with Crippen LogP contribution >= 0.6 is 11.6 Å². The standard InChI is InChI=1S/C19H23ClN2O4/c1-3-26-19(25)13-6-8-21(9-7-13)16-11-17(23)22(18(16)24)14-5-4-12(2)15(20)10-14/h4-5,10,13,16H,3,6-9,11H2,1-2H3. The number of carbonyl (C=O) groups is 3. The summed E-state index contributed by atoms with van der Waals surface area (Å²) in [6.07, 6.45) is 1.45. The molecule has 7 heteroatoms. The molecule has 0 saturated carbocycles. The monoisotopic (exact) mass is 378 g/mol. The van der Waals surface area contributed by atoms with Crippen LogP contribution in [0.2, 0.25) is 5.02 Å². The van der Waals surface area contributed by atoms with Gasteiger partial charge in [0, 0.05) is 5.02 Å². The van der Waals surface area contributed by atoms with Crippen molar-refractivity contribution in [2.75, 3.05) is 24.6 Å². The molecule has 1 aromatic rings. The van der Waals surface area contributed by atoms with Gasteiger partial charge in [-0.2, -0.15) is 0 Å². The number of benzene rings is 1. The summed E-state index contributed by atoms with van der Waals surface area (Å²) >= 11 is 6.14. The lowest BCUT2D eigenvalue weighted by molar-refractivity contribution is -0.149. The number of anilines is 1. The Morgan fingerprint density at radius 3 is 2.58 bits per heavy atom. The van der Waals surface area contributed by atoms with E-state index in [1.807, 2.05) is 11.8 Å². The predicted molar refractivity (Wildman–Crippen MR) is 98.0 cm³/mol. The first-order valence-corrected chi connectivity index (χ1v) is 9.33. The van der Waals surface area contributed by atoms with E-state index in [9.17, 15) is 14.4 Å². The van der Waals surface area contributed by atoms with Gasteiger partial charge in [0.05, 0.1) is 30.7 Å². The van der Waals surface area contributed by atoms with E-state index < -0.39 is 6.04 Å². The number of aryl methyl sites for hydroxylation is 1. The van der Waals surface area contributed by atoms with E-state index in [0.29, 0.717) is 43.2 Å². The average molecular weight is 379 g/mol. The van der Waals surface area contributed by atoms with E-state index in [1.54, 1.807) is 25.1 Å². The number of amides is 2. The van der Waals surface area contributed by atoms with Crippen molar-refractivity contribution in [3.8, 4) is 0 Å². The number of esters is 1. The second-order valence-electron chi connectivity index (χ2n) is 6.78. The molecule has 1 atom stereocenters. The van der Waals surface area contributed by atoms with Gasteiger partial charge in [-0.1, -0.05) is 17.7 Å². The lowest BCUT2D eigenvalue weighted by atomic mass is 9.95. The molecule has 26 heavy (non-hydrogen) atoms. The Bertz CT molecular complexity index is 728. The normalized spacial score (nSPS) is 22.1. The fraction of sp³-hybridized carbons (Fsp3) is 0.526. The van der Waals surface area contributed by atoms with Gasteiger partial charge in [0.2, 0.25) is 5.91 Å². The van der Waals surface area contributed by atoms with E-state index in [4.69, 9.17) is 16.3 Å². The van der Waals surface area contributed by atoms with Crippen molar-refractivity contribution in [3.63, 3.8) is 0 Å². The third-order valence-electron chi connectivity index (χ3n) is 5.13. The molecule has 3 rings (SSSR count). The van der Waals surface area contributed by atoms with Gasteiger partial charge in [-0.3, -0.25) is 19.3 Å². The number of ether oxygens (including phenoxy) is 1. The third-order valence-corrected chi connectivity index (χ3v) is 5.53. The molecule has 2 heterocycles. The number of hydrogen-bond donors (Lipinski definition) is 0. The number of nitrogens with zero attached hydrogens (tertiary/aromatic N) is 2. The molecule has 0 spiro atoms. The van der Waals surface area contributed by atoms with E-state index in [0.717, 1.165) is 5.56 Å². The fourth-order valence-corrected chi connectivity index (χ4v) is 3.78. The molecule has 0 bridgehead atoms. The average Bonchev–Trinajstić information content (AvgIpc) is 2.92. The fourth-order valence-electron chi connectivity index (χ4n) is 3.60. The van der Waals surface area contributed by atoms with E-state index in [-0.39, 0.29) is 30.1 Å². The summed E-state index contributed by atoms with van der Waals surface area (Å²) in [5.41, 5.74) is 1.41. The van der Waals surface area contributed by atoms with Crippen molar-refractivity contribution in [2.45, 2.75) is 39.2 Å². The number of hydrogen-bond acceptors (Lipinski definition) is 5. The van der Waals surface area contributed by atoms with Gasteiger partial charge in [-0.15, -0.1) is 0 Å². The number of carbonyl (C=O) groups excluding carboxylic acids is 3. The Balaban J connectivity index is 1.68. The molecule has 2 saturated heterocycles. The van der Waals surface area contributed by atoms with Crippen molar-refractivity contribution >= 4 is 35.1 Å². The van der Waals surface area contributed by atoms with Crippen molar-refractivity contribution in [1.29, 1.82) is 0 Å². The molecule has 1 unspecified atom stereocenters. The predicted octanol–water partition coefficient (Wildman–Crippen LogP) is 2.56. The van der Waals surface area contributed by atoms with Gasteiger partial charge in [0.25, 0.3) is 5.91 Å². The molecule has 0 N–H and O–H groups in total. The number of imide groups is 1. The Labute approximate surface area is 158 Å². The van der Waals surface area contributed by atoms with Crippen molar-refractivity contribution in [2.24, 2.45) is 5.92 Å². The maximum Gasteiger partial charge on any atom is 0.309 e. The molecule has 6 nitrogen and oxygen atoms in total. The van der Waals surface area contributed by atoms with Gasteiger partial charge < -0.3 is 4.74 Å². The van der Waals surface area contributed by atoms with Crippen LogP contribution in [0.25, 0.3) is 0 Å². The minimum Gasteiger partial charge on any atom is -0.466 e. The Kier molecular flexibility index (Phi) is 5.63. The topological polar surface area (TPSA) is 66.9 Å². The van der Waals surface area contributed by atoms with Crippen LogP contribution in [-0.2, 0) is 19.1 Å². The second kappa shape index (κ2) is 7.76. The first-order chi connectivity index (χ1) is 12.4. The molecule has 140 valence electrons. The summed E-state index contributed by atoms with van der Waals surface area (Å²) in [5.74, 6) is -0.723. The van der Waals surface area contributed by atoms with Gasteiger partial charge in [-0.05, 0) is 57.5 Å². The summed E-state index contributed by atoms with van der Waals surface area (Å²) in [7, 11) is 0. The smallest absolute Gasteiger partial charge is 0.309 e. The first kappa shape index (κ1) is 18.9. The molecular weight excluding hydrogens is 356 g/mol. The second-order valence-corrected chi connectivity index (χ2v) is 7.19. The van der Waals surface area contributed by atoms with Gasteiger partial charge >= 0.3 is 5.97 Å². The quantitative estimate of drug-likeness (QED) is 0.595. The van der Waals surface area contributed by atoms with Crippen LogP contribution in [0.1, 0.15) is 31.7 Å². The summed E-state index contributed by atoms with van der Waals surface area (Å²) in [6, 6.07) is 4.73. The molecule has 0 radical (unpaired) electrons. The van der Waals surface area contributed by atoms with Gasteiger partial charge in [0.1, 0.15) is 0 Å². The van der Waals surface area contributed by atoms with Crippen molar-refractivity contribution in [1.82, 2.24) is 4.90 Å². The summed E-state index contributed by atoms with van der Waals surface area (Å²) in [6.45, 7) is 5.26. The number of rotatable bonds is 4. The number of halogens is 1. The lowest BCUT2D eigenvalue weighted by Gasteiger charge is -2.33. The highest BCUT2D eigenvalue weighted by atomic mass is 35.5. The highest BCUT2D eigenvalue weighted by Crippen LogP contribution is 2.31. The Hall–Kier alpha value is -1.92. The SMILES string of the molecule is CCOC(=O)C1CCN(C2CC(=O)N(c3ccc(C)c(Cl)c3)C2=O)CC1. The van der Waals surface area contributed by atoms with Crippen LogP contribution < -0.4 is 4.90 Å². The van der Waals surface area contributed by atoms with Crippen molar-refractivity contribution in [3.05, 3.63) is 28.8 Å². The Morgan fingerprint density at radius 1 is 1.27 bits per heavy atom. The minimum absolute atomic E-state index is 0.120. The zero-order valence-electron chi connectivity index (χ0n) is 15.0. The molecule has 2 amide bonds. The lowest BCUT2D eigenvalue weighted by Crippen LogP contribution is -2.47. The summed E-state index contributed by atoms with van der Waals surface area (Å²) in [4.78, 5) is 40.4. The molecule has 0 aliphatic carbocycles. The van der Waals surface area contributed by atoms with Crippen LogP contribution in [-0.4, -0.2) is 48.4 Å². The number of likely N-dealkylation sites (tertiary alicyclic amines) is 1. The Morgan fingerprint density at radius 2 is 1.96 bits per heavy atom. The molecule has 2 aliphatic rings. The van der Waals surface area contributed by atoms with Crippen LogP contribution in [0, 0.1) is 12.8 Å². The maximum absolute atomic E-state index is 12.9. The molecule has 2 fully saturated rings. The van der Waals surface area contributed by atoms with Crippen LogP contribution in [0.4, 0.5) is 5.69 Å². The van der Waals surface area contributed by atoms with Gasteiger partial charge in [0.15, 0.2) is 0 Å². The molecule has 0 aromatic heterocycles. The van der Waals surface area contributed by atoms with Crippen LogP contribution in [0.15, 0.2) is 18.2 Å². The zero-order chi connectivity index (χ0) is 18.8. The largest absolute Gasteiger partial charge is 0.466 e. The van der Waals surface area contributed by atoms with E-state index in [1.165, 1.54) is 4.90 Å². The molecule has 2 aliphatic heterocycles. The first-order valence-electron chi connectivity index (χ1n) is 8.96. The highest BCUT2D eigenvalue weighted by Gasteiger charge is 2.44. The van der Waals surface area contributed by atoms with Crippen molar-refractivity contribution < 1.29 is 19.1 Å². The minimum atomic E-state index is -0.467. The van der Waals surface area contributed by atoms with E-state index >= 15 is 0 Å². The summed E-state index contributed by atoms with van der Waals surface area (Å²) in [5, 5.41) is 0.529. The third kappa shape index (κ3) is 3.62.